The smallest absolute Gasteiger partial charge is 0.276 e. The van der Waals surface area contributed by atoms with Gasteiger partial charge in [-0.3, -0.25) is 4.79 Å². The van der Waals surface area contributed by atoms with E-state index in [0.29, 0.717) is 24.7 Å². The zero-order valence-electron chi connectivity index (χ0n) is 13.3. The minimum atomic E-state index is -0.371. The fraction of sp³-hybridized carbons (Fsp3) is 0.333. The molecule has 1 atom stereocenters. The van der Waals surface area contributed by atoms with E-state index < -0.39 is 0 Å². The molecule has 126 valence electrons. The first-order chi connectivity index (χ1) is 11.8. The molecule has 1 aliphatic rings. The Bertz CT molecular complexity index is 640. The maximum Gasteiger partial charge on any atom is 0.276 e. The number of hydrogen-bond donors (Lipinski definition) is 1. The van der Waals surface area contributed by atoms with Crippen molar-refractivity contribution in [1.29, 1.82) is 0 Å². The molecule has 1 saturated heterocycles. The first-order valence-corrected chi connectivity index (χ1v) is 8.01. The third-order valence-corrected chi connectivity index (χ3v) is 3.65. The van der Waals surface area contributed by atoms with Crippen molar-refractivity contribution in [2.45, 2.75) is 32.2 Å². The maximum absolute atomic E-state index is 12.0. The summed E-state index contributed by atoms with van der Waals surface area (Å²) >= 11 is 0. The number of hydroxylamine groups is 1. The van der Waals surface area contributed by atoms with E-state index in [1.165, 1.54) is 6.20 Å². The molecule has 24 heavy (non-hydrogen) atoms. The van der Waals surface area contributed by atoms with Crippen LogP contribution >= 0.6 is 0 Å². The number of carbonyl (C=O) groups excluding carboxylic acids is 1. The molecule has 1 aromatic carbocycles. The van der Waals surface area contributed by atoms with Gasteiger partial charge in [-0.05, 0) is 24.5 Å². The Balaban J connectivity index is 1.47. The molecule has 2 heterocycles. The van der Waals surface area contributed by atoms with Crippen molar-refractivity contribution < 1.29 is 19.1 Å². The average molecular weight is 328 g/mol. The van der Waals surface area contributed by atoms with Gasteiger partial charge in [0.25, 0.3) is 5.91 Å². The zero-order chi connectivity index (χ0) is 16.6. The highest BCUT2D eigenvalue weighted by molar-refractivity contribution is 5.93. The van der Waals surface area contributed by atoms with Gasteiger partial charge in [0.05, 0.1) is 5.56 Å². The number of rotatable bonds is 6. The SMILES string of the molecule is O=C(NOC1CCCCO1)c1ccc(OCc2ccccc2)nc1. The molecule has 3 rings (SSSR count). The summed E-state index contributed by atoms with van der Waals surface area (Å²) in [6.45, 7) is 1.09. The second-order valence-corrected chi connectivity index (χ2v) is 5.50. The highest BCUT2D eigenvalue weighted by Crippen LogP contribution is 2.13. The van der Waals surface area contributed by atoms with Gasteiger partial charge in [-0.25, -0.2) is 15.3 Å². The van der Waals surface area contributed by atoms with Crippen LogP contribution < -0.4 is 10.2 Å². The molecule has 1 aromatic heterocycles. The number of nitrogens with zero attached hydrogens (tertiary/aromatic N) is 1. The van der Waals surface area contributed by atoms with Gasteiger partial charge < -0.3 is 9.47 Å². The lowest BCUT2D eigenvalue weighted by Crippen LogP contribution is -2.33. The van der Waals surface area contributed by atoms with Gasteiger partial charge in [0.1, 0.15) is 6.61 Å². The van der Waals surface area contributed by atoms with E-state index >= 15 is 0 Å². The Kier molecular flexibility index (Phi) is 5.76. The Morgan fingerprint density at radius 3 is 2.79 bits per heavy atom. The van der Waals surface area contributed by atoms with Gasteiger partial charge in [-0.1, -0.05) is 30.3 Å². The van der Waals surface area contributed by atoms with Crippen LogP contribution in [0, 0.1) is 0 Å². The minimum absolute atomic E-state index is 0.355. The number of nitrogens with one attached hydrogen (secondary N) is 1. The molecule has 1 unspecified atom stereocenters. The summed E-state index contributed by atoms with van der Waals surface area (Å²) in [5, 5.41) is 0. The summed E-state index contributed by atoms with van der Waals surface area (Å²) in [6, 6.07) is 13.1. The van der Waals surface area contributed by atoms with Crippen LogP contribution in [0.5, 0.6) is 5.88 Å². The standard InChI is InChI=1S/C18H20N2O4/c21-18(20-24-17-8-4-5-11-22-17)15-9-10-16(19-12-15)23-13-14-6-2-1-3-7-14/h1-3,6-7,9-10,12,17H,4-5,8,11,13H2,(H,20,21). The van der Waals surface area contributed by atoms with Crippen LogP contribution in [0.1, 0.15) is 35.2 Å². The van der Waals surface area contributed by atoms with Crippen LogP contribution in [0.2, 0.25) is 0 Å². The Morgan fingerprint density at radius 2 is 2.08 bits per heavy atom. The number of aromatic nitrogens is 1. The van der Waals surface area contributed by atoms with Gasteiger partial charge in [0.2, 0.25) is 5.88 Å². The summed E-state index contributed by atoms with van der Waals surface area (Å²) in [5.74, 6) is 0.109. The third kappa shape index (κ3) is 4.78. The van der Waals surface area contributed by atoms with Crippen molar-refractivity contribution in [1.82, 2.24) is 10.5 Å². The van der Waals surface area contributed by atoms with Crippen molar-refractivity contribution in [3.05, 3.63) is 59.8 Å². The molecule has 1 amide bonds. The molecule has 6 heteroatoms. The van der Waals surface area contributed by atoms with Crippen molar-refractivity contribution in [2.75, 3.05) is 6.61 Å². The number of amides is 1. The maximum atomic E-state index is 12.0. The number of pyridine rings is 1. The minimum Gasteiger partial charge on any atom is -0.473 e. The van der Waals surface area contributed by atoms with E-state index in [1.807, 2.05) is 30.3 Å². The summed E-state index contributed by atoms with van der Waals surface area (Å²) in [5.41, 5.74) is 3.86. The summed E-state index contributed by atoms with van der Waals surface area (Å²) in [4.78, 5) is 21.4. The summed E-state index contributed by atoms with van der Waals surface area (Å²) in [7, 11) is 0. The van der Waals surface area contributed by atoms with Gasteiger partial charge >= 0.3 is 0 Å². The Morgan fingerprint density at radius 1 is 1.21 bits per heavy atom. The molecule has 1 aliphatic heterocycles. The van der Waals surface area contributed by atoms with Crippen LogP contribution in [0.15, 0.2) is 48.7 Å². The third-order valence-electron chi connectivity index (χ3n) is 3.65. The number of hydrogen-bond acceptors (Lipinski definition) is 5. The van der Waals surface area contributed by atoms with Crippen LogP contribution in [-0.4, -0.2) is 23.8 Å². The van der Waals surface area contributed by atoms with Crippen molar-refractivity contribution in [3.8, 4) is 5.88 Å². The van der Waals surface area contributed by atoms with Crippen LogP contribution in [0.25, 0.3) is 0 Å². The van der Waals surface area contributed by atoms with E-state index in [9.17, 15) is 4.79 Å². The molecule has 0 spiro atoms. The molecule has 1 fully saturated rings. The number of carbonyl (C=O) groups is 1. The van der Waals surface area contributed by atoms with Crippen molar-refractivity contribution in [2.24, 2.45) is 0 Å². The largest absolute Gasteiger partial charge is 0.473 e. The fourth-order valence-corrected chi connectivity index (χ4v) is 2.31. The number of benzene rings is 1. The fourth-order valence-electron chi connectivity index (χ4n) is 2.31. The quantitative estimate of drug-likeness (QED) is 0.826. The Labute approximate surface area is 140 Å². The second-order valence-electron chi connectivity index (χ2n) is 5.50. The lowest BCUT2D eigenvalue weighted by molar-refractivity contribution is -0.186. The van der Waals surface area contributed by atoms with Crippen LogP contribution in [-0.2, 0) is 16.2 Å². The van der Waals surface area contributed by atoms with Crippen LogP contribution in [0.4, 0.5) is 0 Å². The second kappa shape index (κ2) is 8.42. The topological polar surface area (TPSA) is 69.7 Å². The van der Waals surface area contributed by atoms with Gasteiger partial charge in [-0.2, -0.15) is 0 Å². The first-order valence-electron chi connectivity index (χ1n) is 8.01. The van der Waals surface area contributed by atoms with Crippen LogP contribution in [0.3, 0.4) is 0 Å². The highest BCUT2D eigenvalue weighted by atomic mass is 16.8. The molecular formula is C18H20N2O4. The van der Waals surface area contributed by atoms with E-state index in [4.69, 9.17) is 14.3 Å². The molecule has 1 N–H and O–H groups in total. The van der Waals surface area contributed by atoms with E-state index in [2.05, 4.69) is 10.5 Å². The number of ether oxygens (including phenoxy) is 2. The van der Waals surface area contributed by atoms with Crippen molar-refractivity contribution >= 4 is 5.91 Å². The summed E-state index contributed by atoms with van der Waals surface area (Å²) in [6.07, 6.45) is 3.94. The molecule has 0 bridgehead atoms. The predicted molar refractivity (Wildman–Crippen MR) is 87.2 cm³/mol. The summed E-state index contributed by atoms with van der Waals surface area (Å²) < 4.78 is 11.0. The lowest BCUT2D eigenvalue weighted by Gasteiger charge is -2.22. The molecule has 0 radical (unpaired) electrons. The van der Waals surface area contributed by atoms with Gasteiger partial charge in [-0.15, -0.1) is 0 Å². The molecule has 2 aromatic rings. The average Bonchev–Trinajstić information content (AvgIpc) is 2.66. The molecular weight excluding hydrogens is 308 g/mol. The van der Waals surface area contributed by atoms with E-state index in [-0.39, 0.29) is 12.2 Å². The normalized spacial score (nSPS) is 17.2. The molecule has 6 nitrogen and oxygen atoms in total. The highest BCUT2D eigenvalue weighted by Gasteiger charge is 2.16. The molecule has 0 aliphatic carbocycles. The first kappa shape index (κ1) is 16.4. The van der Waals surface area contributed by atoms with Crippen molar-refractivity contribution in [3.63, 3.8) is 0 Å². The van der Waals surface area contributed by atoms with Gasteiger partial charge in [0, 0.05) is 25.3 Å². The lowest BCUT2D eigenvalue weighted by atomic mass is 10.2. The van der Waals surface area contributed by atoms with E-state index in [1.54, 1.807) is 12.1 Å². The predicted octanol–water partition coefficient (Wildman–Crippen LogP) is 2.85. The monoisotopic (exact) mass is 328 g/mol. The van der Waals surface area contributed by atoms with E-state index in [0.717, 1.165) is 24.8 Å². The van der Waals surface area contributed by atoms with Gasteiger partial charge in [0.15, 0.2) is 6.29 Å². The Hall–Kier alpha value is -2.44. The molecule has 0 saturated carbocycles. The zero-order valence-corrected chi connectivity index (χ0v) is 13.3.